The van der Waals surface area contributed by atoms with Crippen LogP contribution in [0.25, 0.3) is 0 Å². The molecule has 0 aromatic heterocycles. The van der Waals surface area contributed by atoms with E-state index in [9.17, 15) is 26.4 Å². The quantitative estimate of drug-likeness (QED) is 0.613. The van der Waals surface area contributed by atoms with Gasteiger partial charge in [-0.1, -0.05) is 23.2 Å². The molecule has 0 atom stereocenters. The fourth-order valence-electron chi connectivity index (χ4n) is 3.29. The van der Waals surface area contributed by atoms with Gasteiger partial charge in [0.15, 0.2) is 0 Å². The van der Waals surface area contributed by atoms with Gasteiger partial charge in [-0.3, -0.25) is 14.4 Å². The number of carbonyl (C=O) groups is 1. The molecule has 2 aliphatic heterocycles. The van der Waals surface area contributed by atoms with Gasteiger partial charge in [0.25, 0.3) is 15.9 Å². The van der Waals surface area contributed by atoms with E-state index in [0.29, 0.717) is 16.3 Å². The molecule has 2 aromatic rings. The highest BCUT2D eigenvalue weighted by Crippen LogP contribution is 2.27. The summed E-state index contributed by atoms with van der Waals surface area (Å²) in [7, 11) is -4.03. The van der Waals surface area contributed by atoms with E-state index in [4.69, 9.17) is 23.2 Å². The number of ether oxygens (including phenoxy) is 1. The summed E-state index contributed by atoms with van der Waals surface area (Å²) >= 11 is 11.8. The van der Waals surface area contributed by atoms with Crippen LogP contribution in [-0.4, -0.2) is 49.8 Å². The number of guanidine groups is 1. The molecular weight excluding hydrogens is 532 g/mol. The zero-order valence-electron chi connectivity index (χ0n) is 17.5. The van der Waals surface area contributed by atoms with Crippen LogP contribution in [0.4, 0.5) is 13.2 Å². The number of carbonyl (C=O) groups excluding carboxylic acids is 1. The van der Waals surface area contributed by atoms with Crippen molar-refractivity contribution in [3.05, 3.63) is 69.8 Å². The van der Waals surface area contributed by atoms with Crippen molar-refractivity contribution < 1.29 is 31.1 Å². The van der Waals surface area contributed by atoms with Crippen LogP contribution in [0.1, 0.15) is 16.8 Å². The molecule has 8 nitrogen and oxygen atoms in total. The monoisotopic (exact) mass is 546 g/mol. The van der Waals surface area contributed by atoms with Gasteiger partial charge in [-0.05, 0) is 42.5 Å². The SMILES string of the molecule is O=C(NC1=NCC2=CN(S(=O)(=O)c3ccc(OC(F)(F)F)cc3)CCC2=N1)c1ccc(Cl)c(Cl)c1. The van der Waals surface area contributed by atoms with Gasteiger partial charge in [-0.2, -0.15) is 0 Å². The molecule has 0 saturated carbocycles. The van der Waals surface area contributed by atoms with Crippen molar-refractivity contribution in [2.45, 2.75) is 17.7 Å². The number of hydrogen-bond acceptors (Lipinski definition) is 6. The minimum atomic E-state index is -4.88. The number of hydrogen-bond donors (Lipinski definition) is 1. The summed E-state index contributed by atoms with van der Waals surface area (Å²) in [6.45, 7) is 0.111. The van der Waals surface area contributed by atoms with Crippen molar-refractivity contribution in [2.75, 3.05) is 13.1 Å². The van der Waals surface area contributed by atoms with Gasteiger partial charge < -0.3 is 4.74 Å². The van der Waals surface area contributed by atoms with Crippen molar-refractivity contribution >= 4 is 50.8 Å². The number of fused-ring (bicyclic) bond motifs is 1. The highest BCUT2D eigenvalue weighted by Gasteiger charge is 2.32. The van der Waals surface area contributed by atoms with Gasteiger partial charge in [-0.15, -0.1) is 13.2 Å². The lowest BCUT2D eigenvalue weighted by atomic mass is 10.1. The number of benzene rings is 2. The van der Waals surface area contributed by atoms with E-state index in [1.165, 1.54) is 24.4 Å². The maximum absolute atomic E-state index is 12.9. The van der Waals surface area contributed by atoms with E-state index >= 15 is 0 Å². The highest BCUT2D eigenvalue weighted by atomic mass is 35.5. The third-order valence-electron chi connectivity index (χ3n) is 4.95. The maximum Gasteiger partial charge on any atom is 0.573 e. The number of halogens is 5. The van der Waals surface area contributed by atoms with Crippen molar-refractivity contribution in [1.82, 2.24) is 9.62 Å². The van der Waals surface area contributed by atoms with Crippen LogP contribution in [0, 0.1) is 0 Å². The summed E-state index contributed by atoms with van der Waals surface area (Å²) in [6, 6.07) is 8.32. The Morgan fingerprint density at radius 3 is 2.46 bits per heavy atom. The van der Waals surface area contributed by atoms with Crippen molar-refractivity contribution in [2.24, 2.45) is 9.98 Å². The summed E-state index contributed by atoms with van der Waals surface area (Å²) < 4.78 is 67.7. The van der Waals surface area contributed by atoms with Crippen molar-refractivity contribution in [3.8, 4) is 5.75 Å². The highest BCUT2D eigenvalue weighted by molar-refractivity contribution is 7.89. The Labute approximate surface area is 207 Å². The number of alkyl halides is 3. The molecule has 0 bridgehead atoms. The number of amides is 1. The molecule has 184 valence electrons. The Balaban J connectivity index is 1.46. The Morgan fingerprint density at radius 2 is 1.80 bits per heavy atom. The first kappa shape index (κ1) is 25.0. The third kappa shape index (κ3) is 5.77. The number of nitrogens with one attached hydrogen (secondary N) is 1. The average Bonchev–Trinajstić information content (AvgIpc) is 2.79. The zero-order chi connectivity index (χ0) is 25.4. The predicted molar refractivity (Wildman–Crippen MR) is 123 cm³/mol. The second-order valence-electron chi connectivity index (χ2n) is 7.32. The van der Waals surface area contributed by atoms with E-state index in [1.54, 1.807) is 0 Å². The smallest absolute Gasteiger partial charge is 0.406 e. The van der Waals surface area contributed by atoms with E-state index in [1.807, 2.05) is 0 Å². The first-order chi connectivity index (χ1) is 16.4. The van der Waals surface area contributed by atoms with Gasteiger partial charge >= 0.3 is 6.36 Å². The summed E-state index contributed by atoms with van der Waals surface area (Å²) in [4.78, 5) is 20.7. The van der Waals surface area contributed by atoms with Crippen LogP contribution in [0.15, 0.2) is 69.1 Å². The lowest BCUT2D eigenvalue weighted by Gasteiger charge is -2.28. The molecule has 2 aliphatic rings. The number of rotatable bonds is 4. The fourth-order valence-corrected chi connectivity index (χ4v) is 4.94. The minimum Gasteiger partial charge on any atom is -0.406 e. The Morgan fingerprint density at radius 1 is 1.09 bits per heavy atom. The van der Waals surface area contributed by atoms with Crippen molar-refractivity contribution in [1.29, 1.82) is 0 Å². The van der Waals surface area contributed by atoms with Gasteiger partial charge in [0.05, 0.1) is 27.2 Å². The summed E-state index contributed by atoms with van der Waals surface area (Å²) in [6.07, 6.45) is -3.27. The Bertz CT molecular complexity index is 1370. The van der Waals surface area contributed by atoms with Crippen molar-refractivity contribution in [3.63, 3.8) is 0 Å². The molecule has 35 heavy (non-hydrogen) atoms. The molecular formula is C21H15Cl2F3N4O4S. The zero-order valence-corrected chi connectivity index (χ0v) is 19.8. The van der Waals surface area contributed by atoms with E-state index in [2.05, 4.69) is 20.0 Å². The molecule has 0 radical (unpaired) electrons. The lowest BCUT2D eigenvalue weighted by molar-refractivity contribution is -0.274. The summed E-state index contributed by atoms with van der Waals surface area (Å²) in [5.41, 5.74) is 1.35. The second kappa shape index (κ2) is 9.51. The molecule has 2 heterocycles. The molecule has 14 heteroatoms. The number of nitrogens with zero attached hydrogens (tertiary/aromatic N) is 3. The average molecular weight is 547 g/mol. The maximum atomic E-state index is 12.9. The third-order valence-corrected chi connectivity index (χ3v) is 7.46. The van der Waals surface area contributed by atoms with Gasteiger partial charge in [-0.25, -0.2) is 18.4 Å². The van der Waals surface area contributed by atoms with Crippen LogP contribution in [-0.2, 0) is 10.0 Å². The Hall–Kier alpha value is -3.09. The van der Waals surface area contributed by atoms with Gasteiger partial charge in [0.1, 0.15) is 5.75 Å². The standard InChI is InChI=1S/C21H15Cl2F3N4O4S/c22-16-6-1-12(9-17(16)23)19(31)29-20-27-10-13-11-30(8-7-18(13)28-20)35(32,33)15-4-2-14(3-5-15)34-21(24,25)26/h1-6,9,11H,7-8,10H2,(H,27,29,31). The molecule has 2 aromatic carbocycles. The molecule has 1 amide bonds. The minimum absolute atomic E-state index is 0.0412. The largest absolute Gasteiger partial charge is 0.573 e. The molecule has 0 fully saturated rings. The molecule has 1 N–H and O–H groups in total. The van der Waals surface area contributed by atoms with Gasteiger partial charge in [0, 0.05) is 30.3 Å². The van der Waals surface area contributed by atoms with E-state index in [0.717, 1.165) is 28.6 Å². The van der Waals surface area contributed by atoms with Crippen LogP contribution >= 0.6 is 23.2 Å². The number of aliphatic imine (C=N–C) groups is 2. The summed E-state index contributed by atoms with van der Waals surface area (Å²) in [5.74, 6) is -0.943. The second-order valence-corrected chi connectivity index (χ2v) is 10.0. The molecule has 4 rings (SSSR count). The number of sulfonamides is 1. The predicted octanol–water partition coefficient (Wildman–Crippen LogP) is 4.41. The first-order valence-corrected chi connectivity index (χ1v) is 12.1. The Kier molecular flexibility index (Phi) is 6.80. The van der Waals surface area contributed by atoms with E-state index < -0.39 is 28.0 Å². The van der Waals surface area contributed by atoms with Crippen LogP contribution in [0.5, 0.6) is 5.75 Å². The lowest BCUT2D eigenvalue weighted by Crippen LogP contribution is -2.37. The first-order valence-electron chi connectivity index (χ1n) is 9.89. The summed E-state index contributed by atoms with van der Waals surface area (Å²) in [5, 5.41) is 3.10. The van der Waals surface area contributed by atoms with Crippen LogP contribution < -0.4 is 10.1 Å². The van der Waals surface area contributed by atoms with Crippen LogP contribution in [0.2, 0.25) is 10.0 Å². The molecule has 0 spiro atoms. The molecule has 0 saturated heterocycles. The topological polar surface area (TPSA) is 100 Å². The normalized spacial score (nSPS) is 16.0. The fraction of sp³-hybridized carbons (Fsp3) is 0.190. The van der Waals surface area contributed by atoms with Gasteiger partial charge in [0.2, 0.25) is 5.96 Å². The van der Waals surface area contributed by atoms with E-state index in [-0.39, 0.29) is 41.0 Å². The molecule has 0 unspecified atom stereocenters. The van der Waals surface area contributed by atoms with Crippen LogP contribution in [0.3, 0.4) is 0 Å². The molecule has 0 aliphatic carbocycles.